The Morgan fingerprint density at radius 2 is 2.00 bits per heavy atom. The van der Waals surface area contributed by atoms with Gasteiger partial charge in [-0.15, -0.1) is 12.4 Å². The van der Waals surface area contributed by atoms with Gasteiger partial charge in [0, 0.05) is 18.3 Å². The average molecular weight is 309 g/mol. The minimum Gasteiger partial charge on any atom is -0.352 e. The Morgan fingerprint density at radius 3 is 2.57 bits per heavy atom. The molecule has 0 saturated heterocycles. The molecular formula is C15H21ClN4O. The second-order valence-corrected chi connectivity index (χ2v) is 4.76. The van der Waals surface area contributed by atoms with E-state index in [-0.39, 0.29) is 18.3 Å². The van der Waals surface area contributed by atoms with Crippen LogP contribution in [0.5, 0.6) is 0 Å². The highest BCUT2D eigenvalue weighted by Gasteiger charge is 2.05. The third-order valence-electron chi connectivity index (χ3n) is 3.02. The molecule has 0 fully saturated rings. The van der Waals surface area contributed by atoms with Gasteiger partial charge in [0.05, 0.1) is 11.9 Å². The van der Waals surface area contributed by atoms with Gasteiger partial charge in [-0.2, -0.15) is 5.10 Å². The van der Waals surface area contributed by atoms with E-state index in [0.717, 1.165) is 24.1 Å². The normalized spacial score (nSPS) is 10.0. The van der Waals surface area contributed by atoms with Crippen molar-refractivity contribution in [3.8, 4) is 5.69 Å². The molecule has 1 aromatic carbocycles. The molecule has 114 valence electrons. The highest BCUT2D eigenvalue weighted by Crippen LogP contribution is 2.10. The highest BCUT2D eigenvalue weighted by molar-refractivity contribution is 5.94. The van der Waals surface area contributed by atoms with E-state index >= 15 is 0 Å². The number of rotatable bonds is 6. The summed E-state index contributed by atoms with van der Waals surface area (Å²) in [7, 11) is 0. The lowest BCUT2D eigenvalue weighted by molar-refractivity contribution is 0.0953. The van der Waals surface area contributed by atoms with E-state index in [9.17, 15) is 4.79 Å². The zero-order chi connectivity index (χ0) is 14.4. The van der Waals surface area contributed by atoms with Gasteiger partial charge in [0.15, 0.2) is 0 Å². The van der Waals surface area contributed by atoms with Crippen LogP contribution in [0.2, 0.25) is 0 Å². The van der Waals surface area contributed by atoms with Crippen molar-refractivity contribution < 1.29 is 4.79 Å². The molecular weight excluding hydrogens is 288 g/mol. The quantitative estimate of drug-likeness (QED) is 0.802. The van der Waals surface area contributed by atoms with Gasteiger partial charge in [-0.3, -0.25) is 4.79 Å². The maximum absolute atomic E-state index is 11.9. The fourth-order valence-electron chi connectivity index (χ4n) is 1.89. The number of hydrogen-bond donors (Lipinski definition) is 2. The van der Waals surface area contributed by atoms with Crippen LogP contribution in [0.1, 0.15) is 28.8 Å². The summed E-state index contributed by atoms with van der Waals surface area (Å²) in [6.45, 7) is 3.32. The molecule has 1 aromatic heterocycles. The van der Waals surface area contributed by atoms with Gasteiger partial charge in [-0.05, 0) is 56.1 Å². The second-order valence-electron chi connectivity index (χ2n) is 4.76. The van der Waals surface area contributed by atoms with Gasteiger partial charge < -0.3 is 11.1 Å². The van der Waals surface area contributed by atoms with E-state index in [2.05, 4.69) is 10.4 Å². The average Bonchev–Trinajstić information content (AvgIpc) is 2.90. The van der Waals surface area contributed by atoms with Crippen molar-refractivity contribution >= 4 is 18.3 Å². The molecule has 3 N–H and O–H groups in total. The third kappa shape index (κ3) is 4.88. The number of hydrogen-bond acceptors (Lipinski definition) is 3. The van der Waals surface area contributed by atoms with Gasteiger partial charge in [-0.25, -0.2) is 4.68 Å². The Morgan fingerprint density at radius 1 is 1.29 bits per heavy atom. The fraction of sp³-hybridized carbons (Fsp3) is 0.333. The van der Waals surface area contributed by atoms with Crippen molar-refractivity contribution in [3.05, 3.63) is 47.8 Å². The van der Waals surface area contributed by atoms with Crippen LogP contribution in [0.3, 0.4) is 0 Å². The first-order chi connectivity index (χ1) is 9.70. The number of aryl methyl sites for hydroxylation is 1. The summed E-state index contributed by atoms with van der Waals surface area (Å²) in [6, 6.07) is 7.40. The fourth-order valence-corrected chi connectivity index (χ4v) is 1.89. The molecule has 0 atom stereocenters. The lowest BCUT2D eigenvalue weighted by Gasteiger charge is -2.06. The largest absolute Gasteiger partial charge is 0.352 e. The van der Waals surface area contributed by atoms with Crippen LogP contribution in [0.4, 0.5) is 0 Å². The topological polar surface area (TPSA) is 72.9 Å². The van der Waals surface area contributed by atoms with E-state index in [1.165, 1.54) is 0 Å². The molecule has 0 aliphatic heterocycles. The molecule has 5 nitrogen and oxygen atoms in total. The Bertz CT molecular complexity index is 565. The minimum atomic E-state index is -0.0507. The zero-order valence-electron chi connectivity index (χ0n) is 12.1. The molecule has 2 aromatic rings. The summed E-state index contributed by atoms with van der Waals surface area (Å²) < 4.78 is 1.79. The number of amides is 1. The van der Waals surface area contributed by atoms with Gasteiger partial charge in [0.2, 0.25) is 0 Å². The van der Waals surface area contributed by atoms with Crippen molar-refractivity contribution in [1.82, 2.24) is 15.1 Å². The van der Waals surface area contributed by atoms with Crippen LogP contribution in [0, 0.1) is 6.92 Å². The van der Waals surface area contributed by atoms with E-state index in [0.29, 0.717) is 18.7 Å². The minimum absolute atomic E-state index is 0. The molecule has 0 aliphatic carbocycles. The Hall–Kier alpha value is -1.85. The first-order valence-electron chi connectivity index (χ1n) is 6.80. The van der Waals surface area contributed by atoms with Crippen molar-refractivity contribution in [1.29, 1.82) is 0 Å². The maximum Gasteiger partial charge on any atom is 0.251 e. The smallest absolute Gasteiger partial charge is 0.251 e. The summed E-state index contributed by atoms with van der Waals surface area (Å²) >= 11 is 0. The van der Waals surface area contributed by atoms with Crippen LogP contribution >= 0.6 is 12.4 Å². The standard InChI is InChI=1S/C15H20N4O.ClH/c1-12-10-18-19(11-12)14-6-4-13(5-7-14)15(20)17-9-3-2-8-16;/h4-7,10-11H,2-3,8-9,16H2,1H3,(H,17,20);1H. The Balaban J connectivity index is 0.00000220. The summed E-state index contributed by atoms with van der Waals surface area (Å²) in [5, 5.41) is 7.12. The molecule has 0 spiro atoms. The van der Waals surface area contributed by atoms with Crippen LogP contribution in [0.15, 0.2) is 36.7 Å². The van der Waals surface area contributed by atoms with Crippen LogP contribution in [-0.2, 0) is 0 Å². The second kappa shape index (κ2) is 8.44. The number of nitrogens with zero attached hydrogens (tertiary/aromatic N) is 2. The lowest BCUT2D eigenvalue weighted by Crippen LogP contribution is -2.24. The van der Waals surface area contributed by atoms with Crippen molar-refractivity contribution in [2.24, 2.45) is 5.73 Å². The van der Waals surface area contributed by atoms with Crippen molar-refractivity contribution in [2.75, 3.05) is 13.1 Å². The molecule has 1 amide bonds. The predicted octanol–water partition coefficient (Wildman–Crippen LogP) is 2.07. The molecule has 0 unspecified atom stereocenters. The lowest BCUT2D eigenvalue weighted by atomic mass is 10.2. The zero-order valence-corrected chi connectivity index (χ0v) is 12.9. The molecule has 0 radical (unpaired) electrons. The first-order valence-corrected chi connectivity index (χ1v) is 6.80. The number of aromatic nitrogens is 2. The highest BCUT2D eigenvalue weighted by atomic mass is 35.5. The van der Waals surface area contributed by atoms with Crippen molar-refractivity contribution in [3.63, 3.8) is 0 Å². The summed E-state index contributed by atoms with van der Waals surface area (Å²) in [5.74, 6) is -0.0507. The van der Waals surface area contributed by atoms with E-state index in [1.54, 1.807) is 10.9 Å². The van der Waals surface area contributed by atoms with E-state index < -0.39 is 0 Å². The van der Waals surface area contributed by atoms with Gasteiger partial charge in [0.25, 0.3) is 5.91 Å². The first kappa shape index (κ1) is 17.2. The molecule has 6 heteroatoms. The summed E-state index contributed by atoms with van der Waals surface area (Å²) in [4.78, 5) is 11.9. The molecule has 0 bridgehead atoms. The Labute approximate surface area is 130 Å². The van der Waals surface area contributed by atoms with Crippen LogP contribution < -0.4 is 11.1 Å². The van der Waals surface area contributed by atoms with E-state index in [1.807, 2.05) is 37.4 Å². The van der Waals surface area contributed by atoms with E-state index in [4.69, 9.17) is 5.73 Å². The Kier molecular flexibility index (Phi) is 6.91. The third-order valence-corrected chi connectivity index (χ3v) is 3.02. The number of nitrogens with one attached hydrogen (secondary N) is 1. The number of unbranched alkanes of at least 4 members (excludes halogenated alkanes) is 1. The summed E-state index contributed by atoms with van der Waals surface area (Å²) in [5.41, 5.74) is 8.11. The summed E-state index contributed by atoms with van der Waals surface area (Å²) in [6.07, 6.45) is 5.59. The number of halogens is 1. The molecule has 2 rings (SSSR count). The number of nitrogens with two attached hydrogens (primary N) is 1. The number of benzene rings is 1. The van der Waals surface area contributed by atoms with Gasteiger partial charge >= 0.3 is 0 Å². The molecule has 1 heterocycles. The number of carbonyl (C=O) groups excluding carboxylic acids is 1. The molecule has 0 saturated carbocycles. The molecule has 0 aliphatic rings. The predicted molar refractivity (Wildman–Crippen MR) is 86.2 cm³/mol. The van der Waals surface area contributed by atoms with Crippen molar-refractivity contribution in [2.45, 2.75) is 19.8 Å². The molecule has 21 heavy (non-hydrogen) atoms. The van der Waals surface area contributed by atoms with Gasteiger partial charge in [0.1, 0.15) is 0 Å². The van der Waals surface area contributed by atoms with Crippen LogP contribution in [0.25, 0.3) is 5.69 Å². The number of carbonyl (C=O) groups is 1. The monoisotopic (exact) mass is 308 g/mol. The SMILES string of the molecule is Cc1cnn(-c2ccc(C(=O)NCCCCN)cc2)c1.Cl. The van der Waals surface area contributed by atoms with Crippen LogP contribution in [-0.4, -0.2) is 28.8 Å². The van der Waals surface area contributed by atoms with Gasteiger partial charge in [-0.1, -0.05) is 0 Å². The maximum atomic E-state index is 11.9.